The van der Waals surface area contributed by atoms with Gasteiger partial charge in [0.05, 0.1) is 11.1 Å². The van der Waals surface area contributed by atoms with Crippen molar-refractivity contribution in [2.75, 3.05) is 26.2 Å². The zero-order chi connectivity index (χ0) is 19.5. The first-order valence-electron chi connectivity index (χ1n) is 8.61. The van der Waals surface area contributed by atoms with Gasteiger partial charge in [-0.15, -0.1) is 12.4 Å². The Balaban J connectivity index is 0.00000364. The summed E-state index contributed by atoms with van der Waals surface area (Å²) in [7, 11) is 0. The molecule has 0 aliphatic carbocycles. The fraction of sp³-hybridized carbons (Fsp3) is 0.556. The van der Waals surface area contributed by atoms with E-state index >= 15 is 0 Å². The highest BCUT2D eigenvalue weighted by Crippen LogP contribution is 2.29. The number of carbonyl (C=O) groups is 2. The van der Waals surface area contributed by atoms with Crippen LogP contribution in [0.4, 0.5) is 13.2 Å². The maximum atomic E-state index is 12.8. The van der Waals surface area contributed by atoms with Gasteiger partial charge in [-0.1, -0.05) is 19.4 Å². The van der Waals surface area contributed by atoms with Crippen LogP contribution in [-0.4, -0.2) is 53.3 Å². The van der Waals surface area contributed by atoms with E-state index in [1.807, 2.05) is 6.92 Å². The standard InChI is InChI=1S/C18H24F3N3O2.ClH/c1-3-7-17(2,22)16(26)24-10-8-23(9-11-24)15(25)13-5-4-6-14(12-13)18(19,20)21;/h4-6,12H,3,7-11,22H2,1-2H3;1H. The Bertz CT molecular complexity index is 672. The van der Waals surface area contributed by atoms with E-state index in [2.05, 4.69) is 0 Å². The molecule has 0 spiro atoms. The fourth-order valence-electron chi connectivity index (χ4n) is 3.11. The van der Waals surface area contributed by atoms with Gasteiger partial charge in [0.15, 0.2) is 0 Å². The summed E-state index contributed by atoms with van der Waals surface area (Å²) >= 11 is 0. The summed E-state index contributed by atoms with van der Waals surface area (Å²) < 4.78 is 38.4. The molecule has 0 saturated carbocycles. The molecule has 1 aromatic carbocycles. The summed E-state index contributed by atoms with van der Waals surface area (Å²) in [5.41, 5.74) is 4.27. The van der Waals surface area contributed by atoms with E-state index in [0.717, 1.165) is 18.6 Å². The van der Waals surface area contributed by atoms with Crippen LogP contribution in [0.1, 0.15) is 42.6 Å². The predicted octanol–water partition coefficient (Wildman–Crippen LogP) is 2.93. The van der Waals surface area contributed by atoms with Gasteiger partial charge in [0.25, 0.3) is 5.91 Å². The van der Waals surface area contributed by atoms with E-state index in [9.17, 15) is 22.8 Å². The van der Waals surface area contributed by atoms with Crippen molar-refractivity contribution >= 4 is 24.2 Å². The highest BCUT2D eigenvalue weighted by atomic mass is 35.5. The number of benzene rings is 1. The monoisotopic (exact) mass is 407 g/mol. The van der Waals surface area contributed by atoms with E-state index in [-0.39, 0.29) is 37.0 Å². The van der Waals surface area contributed by atoms with E-state index in [4.69, 9.17) is 5.73 Å². The molecular formula is C18H25ClF3N3O2. The third-order valence-electron chi connectivity index (χ3n) is 4.55. The number of nitrogens with two attached hydrogens (primary N) is 1. The van der Waals surface area contributed by atoms with E-state index in [1.165, 1.54) is 17.0 Å². The molecule has 1 heterocycles. The van der Waals surface area contributed by atoms with Crippen molar-refractivity contribution in [1.82, 2.24) is 9.80 Å². The normalized spacial score (nSPS) is 17.1. The number of amides is 2. The van der Waals surface area contributed by atoms with Gasteiger partial charge in [0.2, 0.25) is 5.91 Å². The second-order valence-corrected chi connectivity index (χ2v) is 6.83. The highest BCUT2D eigenvalue weighted by molar-refractivity contribution is 5.94. The van der Waals surface area contributed by atoms with E-state index in [1.54, 1.807) is 11.8 Å². The van der Waals surface area contributed by atoms with Crippen LogP contribution in [0.25, 0.3) is 0 Å². The summed E-state index contributed by atoms with van der Waals surface area (Å²) in [5.74, 6) is -0.627. The minimum Gasteiger partial charge on any atom is -0.338 e. The Morgan fingerprint density at radius 1 is 1.11 bits per heavy atom. The van der Waals surface area contributed by atoms with Crippen LogP contribution in [0.15, 0.2) is 24.3 Å². The minimum absolute atomic E-state index is 0. The molecule has 9 heteroatoms. The Labute approximate surface area is 163 Å². The molecule has 152 valence electrons. The highest BCUT2D eigenvalue weighted by Gasteiger charge is 2.35. The third-order valence-corrected chi connectivity index (χ3v) is 4.55. The molecule has 2 rings (SSSR count). The van der Waals surface area contributed by atoms with Crippen LogP contribution in [0, 0.1) is 0 Å². The molecule has 1 aliphatic heterocycles. The number of hydrogen-bond donors (Lipinski definition) is 1. The van der Waals surface area contributed by atoms with Gasteiger partial charge in [0.1, 0.15) is 0 Å². The summed E-state index contributed by atoms with van der Waals surface area (Å²) in [5, 5.41) is 0. The second kappa shape index (κ2) is 8.93. The Morgan fingerprint density at radius 3 is 2.19 bits per heavy atom. The van der Waals surface area contributed by atoms with Crippen molar-refractivity contribution in [3.63, 3.8) is 0 Å². The number of halogens is 4. The molecule has 1 fully saturated rings. The maximum absolute atomic E-state index is 12.8. The molecule has 1 aliphatic rings. The van der Waals surface area contributed by atoms with Crippen molar-refractivity contribution in [3.8, 4) is 0 Å². The Hall–Kier alpha value is -1.80. The summed E-state index contributed by atoms with van der Waals surface area (Å²) in [6.07, 6.45) is -3.14. The molecule has 2 N–H and O–H groups in total. The van der Waals surface area contributed by atoms with Gasteiger partial charge >= 0.3 is 6.18 Å². The third kappa shape index (κ3) is 5.59. The molecule has 2 amide bonds. The molecule has 0 aromatic heterocycles. The van der Waals surface area contributed by atoms with Crippen LogP contribution < -0.4 is 5.73 Å². The van der Waals surface area contributed by atoms with E-state index in [0.29, 0.717) is 19.5 Å². The molecule has 1 saturated heterocycles. The lowest BCUT2D eigenvalue weighted by Crippen LogP contribution is -2.58. The average Bonchev–Trinajstić information content (AvgIpc) is 2.60. The molecule has 1 atom stereocenters. The predicted molar refractivity (Wildman–Crippen MR) is 98.7 cm³/mol. The second-order valence-electron chi connectivity index (χ2n) is 6.83. The molecular weight excluding hydrogens is 383 g/mol. The SMILES string of the molecule is CCCC(C)(N)C(=O)N1CCN(C(=O)c2cccc(C(F)(F)F)c2)CC1.Cl. The van der Waals surface area contributed by atoms with Crippen molar-refractivity contribution in [2.24, 2.45) is 5.73 Å². The number of nitrogens with zero attached hydrogens (tertiary/aromatic N) is 2. The number of carbonyl (C=O) groups excluding carboxylic acids is 2. The lowest BCUT2D eigenvalue weighted by molar-refractivity contribution is -0.138. The van der Waals surface area contributed by atoms with Gasteiger partial charge in [-0.2, -0.15) is 13.2 Å². The van der Waals surface area contributed by atoms with Gasteiger partial charge < -0.3 is 15.5 Å². The lowest BCUT2D eigenvalue weighted by Gasteiger charge is -2.38. The fourth-order valence-corrected chi connectivity index (χ4v) is 3.11. The zero-order valence-corrected chi connectivity index (χ0v) is 16.2. The first kappa shape index (κ1) is 23.2. The Kier molecular flexibility index (Phi) is 7.68. The Morgan fingerprint density at radius 2 is 1.67 bits per heavy atom. The van der Waals surface area contributed by atoms with Crippen LogP contribution in [0.5, 0.6) is 0 Å². The van der Waals surface area contributed by atoms with Crippen molar-refractivity contribution in [3.05, 3.63) is 35.4 Å². The molecule has 27 heavy (non-hydrogen) atoms. The van der Waals surface area contributed by atoms with Gasteiger partial charge in [-0.25, -0.2) is 0 Å². The van der Waals surface area contributed by atoms with Gasteiger partial charge in [-0.3, -0.25) is 9.59 Å². The van der Waals surface area contributed by atoms with Crippen LogP contribution >= 0.6 is 12.4 Å². The summed E-state index contributed by atoms with van der Waals surface area (Å²) in [6.45, 7) is 4.81. The van der Waals surface area contributed by atoms with Crippen LogP contribution in [-0.2, 0) is 11.0 Å². The molecule has 1 aromatic rings. The molecule has 1 unspecified atom stereocenters. The number of piperazine rings is 1. The van der Waals surface area contributed by atoms with Gasteiger partial charge in [0, 0.05) is 31.7 Å². The molecule has 5 nitrogen and oxygen atoms in total. The summed E-state index contributed by atoms with van der Waals surface area (Å²) in [4.78, 5) is 28.1. The average molecular weight is 408 g/mol. The zero-order valence-electron chi connectivity index (χ0n) is 15.4. The van der Waals surface area contributed by atoms with Crippen LogP contribution in [0.2, 0.25) is 0 Å². The van der Waals surface area contributed by atoms with Crippen molar-refractivity contribution in [1.29, 1.82) is 0 Å². The number of hydrogen-bond acceptors (Lipinski definition) is 3. The van der Waals surface area contributed by atoms with Crippen molar-refractivity contribution < 1.29 is 22.8 Å². The van der Waals surface area contributed by atoms with Gasteiger partial charge in [-0.05, 0) is 31.5 Å². The first-order valence-corrected chi connectivity index (χ1v) is 8.61. The van der Waals surface area contributed by atoms with Crippen LogP contribution in [0.3, 0.4) is 0 Å². The van der Waals surface area contributed by atoms with Crippen molar-refractivity contribution in [2.45, 2.75) is 38.4 Å². The number of rotatable bonds is 4. The smallest absolute Gasteiger partial charge is 0.338 e. The minimum atomic E-state index is -4.49. The topological polar surface area (TPSA) is 66.6 Å². The molecule has 0 radical (unpaired) electrons. The lowest BCUT2D eigenvalue weighted by atomic mass is 9.95. The molecule has 0 bridgehead atoms. The first-order chi connectivity index (χ1) is 12.1. The summed E-state index contributed by atoms with van der Waals surface area (Å²) in [6, 6.07) is 4.38. The largest absolute Gasteiger partial charge is 0.416 e. The quantitative estimate of drug-likeness (QED) is 0.834. The maximum Gasteiger partial charge on any atom is 0.416 e. The number of alkyl halides is 3. The van der Waals surface area contributed by atoms with E-state index < -0.39 is 23.2 Å².